The van der Waals surface area contributed by atoms with Gasteiger partial charge in [-0.2, -0.15) is 0 Å². The predicted octanol–water partition coefficient (Wildman–Crippen LogP) is 2.40. The van der Waals surface area contributed by atoms with Gasteiger partial charge in [0.05, 0.1) is 36.8 Å². The molecule has 1 aromatic heterocycles. The molecule has 3 aromatic rings. The van der Waals surface area contributed by atoms with Crippen LogP contribution in [0.2, 0.25) is 0 Å². The number of nitro groups is 1. The Morgan fingerprint density at radius 1 is 1.24 bits per heavy atom. The summed E-state index contributed by atoms with van der Waals surface area (Å²) in [6.45, 7) is 1.47. The normalized spacial score (nSPS) is 11.8. The monoisotopic (exact) mass is 401 g/mol. The van der Waals surface area contributed by atoms with Crippen molar-refractivity contribution in [2.45, 2.75) is 19.5 Å². The molecule has 0 unspecified atom stereocenters. The number of benzene rings is 2. The molecule has 1 amide bonds. The van der Waals surface area contributed by atoms with E-state index in [9.17, 15) is 19.7 Å². The molecule has 2 aromatic carbocycles. The van der Waals surface area contributed by atoms with Gasteiger partial charge in [0.15, 0.2) is 5.58 Å². The van der Waals surface area contributed by atoms with Gasteiger partial charge < -0.3 is 19.2 Å². The second-order valence-corrected chi connectivity index (χ2v) is 6.26. The van der Waals surface area contributed by atoms with E-state index >= 15 is 0 Å². The lowest BCUT2D eigenvalue weighted by Gasteiger charge is -2.18. The van der Waals surface area contributed by atoms with E-state index in [2.05, 4.69) is 5.32 Å². The number of non-ortho nitro benzene ring substituents is 1. The minimum Gasteiger partial charge on any atom is -0.497 e. The third-order valence-corrected chi connectivity index (χ3v) is 4.45. The van der Waals surface area contributed by atoms with E-state index in [1.807, 2.05) is 0 Å². The van der Waals surface area contributed by atoms with E-state index in [-0.39, 0.29) is 17.8 Å². The average molecular weight is 401 g/mol. The number of fused-ring (bicyclic) bond motifs is 1. The van der Waals surface area contributed by atoms with Crippen LogP contribution in [-0.4, -0.2) is 29.6 Å². The van der Waals surface area contributed by atoms with Crippen LogP contribution in [0.1, 0.15) is 18.5 Å². The number of oxazole rings is 1. The highest BCUT2D eigenvalue weighted by Gasteiger charge is 2.19. The number of nitrogens with zero attached hydrogens (tertiary/aromatic N) is 2. The first-order chi connectivity index (χ1) is 13.8. The maximum Gasteiger partial charge on any atom is 0.420 e. The molecule has 29 heavy (non-hydrogen) atoms. The first-order valence-electron chi connectivity index (χ1n) is 8.63. The van der Waals surface area contributed by atoms with Gasteiger partial charge in [-0.3, -0.25) is 19.5 Å². The highest BCUT2D eigenvalue weighted by molar-refractivity contribution is 5.81. The minimum atomic E-state index is -0.776. The summed E-state index contributed by atoms with van der Waals surface area (Å²) in [5.41, 5.74) is 0.837. The first kappa shape index (κ1) is 19.9. The van der Waals surface area contributed by atoms with Gasteiger partial charge in [0, 0.05) is 11.6 Å². The summed E-state index contributed by atoms with van der Waals surface area (Å²) in [7, 11) is 3.06. The molecule has 0 spiro atoms. The van der Waals surface area contributed by atoms with Gasteiger partial charge in [0.2, 0.25) is 5.91 Å². The quantitative estimate of drug-likeness (QED) is 0.476. The van der Waals surface area contributed by atoms with Gasteiger partial charge in [-0.25, -0.2) is 4.79 Å². The molecule has 0 aliphatic carbocycles. The Labute approximate surface area is 164 Å². The van der Waals surface area contributed by atoms with Crippen LogP contribution in [0.25, 0.3) is 11.1 Å². The SMILES string of the molecule is COc1ccc(OC)c([C@H](C)NC(=O)Cn2c(=O)oc3cc([N+](=O)[O-])ccc32)c1. The molecule has 0 aliphatic rings. The van der Waals surface area contributed by atoms with Crippen LogP contribution >= 0.6 is 0 Å². The van der Waals surface area contributed by atoms with Crippen molar-refractivity contribution in [3.8, 4) is 11.5 Å². The number of nitrogens with one attached hydrogen (secondary N) is 1. The predicted molar refractivity (Wildman–Crippen MR) is 103 cm³/mol. The fourth-order valence-corrected chi connectivity index (χ4v) is 3.00. The number of nitro benzene ring substituents is 1. The number of ether oxygens (including phenoxy) is 2. The zero-order chi connectivity index (χ0) is 21.1. The second kappa shape index (κ2) is 8.05. The van der Waals surface area contributed by atoms with Crippen LogP contribution in [0.15, 0.2) is 45.6 Å². The molecule has 152 valence electrons. The summed E-state index contributed by atoms with van der Waals surface area (Å²) in [5, 5.41) is 13.7. The van der Waals surface area contributed by atoms with Gasteiger partial charge in [-0.05, 0) is 31.2 Å². The third kappa shape index (κ3) is 4.05. The van der Waals surface area contributed by atoms with Gasteiger partial charge in [0.1, 0.15) is 18.0 Å². The van der Waals surface area contributed by atoms with Crippen LogP contribution in [0.4, 0.5) is 5.69 Å². The zero-order valence-corrected chi connectivity index (χ0v) is 16.0. The number of aromatic nitrogens is 1. The van der Waals surface area contributed by atoms with Crippen molar-refractivity contribution < 1.29 is 23.6 Å². The molecule has 10 heteroatoms. The summed E-state index contributed by atoms with van der Waals surface area (Å²) in [5.74, 6) is -0.0230. The summed E-state index contributed by atoms with van der Waals surface area (Å²) < 4.78 is 16.7. The highest BCUT2D eigenvalue weighted by atomic mass is 16.6. The van der Waals surface area contributed by atoms with E-state index in [1.165, 1.54) is 26.4 Å². The summed E-state index contributed by atoms with van der Waals surface area (Å²) in [6.07, 6.45) is 0. The summed E-state index contributed by atoms with van der Waals surface area (Å²) in [4.78, 5) is 34.9. The number of hydrogen-bond acceptors (Lipinski definition) is 7. The van der Waals surface area contributed by atoms with E-state index in [1.54, 1.807) is 25.1 Å². The van der Waals surface area contributed by atoms with E-state index in [0.29, 0.717) is 22.6 Å². The number of carbonyl (C=O) groups excluding carboxylic acids is 1. The molecule has 0 radical (unpaired) electrons. The standard InChI is InChI=1S/C19H19N3O7/c1-11(14-9-13(27-2)5-7-16(14)28-3)20-18(23)10-21-15-6-4-12(22(25)26)8-17(15)29-19(21)24/h4-9,11H,10H2,1-3H3,(H,20,23)/t11-/m0/s1. The van der Waals surface area contributed by atoms with E-state index < -0.39 is 22.6 Å². The molecule has 3 rings (SSSR count). The molecule has 1 atom stereocenters. The Morgan fingerprint density at radius 2 is 2.00 bits per heavy atom. The summed E-state index contributed by atoms with van der Waals surface area (Å²) >= 11 is 0. The van der Waals surface area contributed by atoms with Crippen molar-refractivity contribution >= 4 is 22.7 Å². The number of hydrogen-bond donors (Lipinski definition) is 1. The molecule has 0 saturated carbocycles. The molecule has 10 nitrogen and oxygen atoms in total. The van der Waals surface area contributed by atoms with Gasteiger partial charge in [-0.15, -0.1) is 0 Å². The van der Waals surface area contributed by atoms with Crippen molar-refractivity contribution in [2.75, 3.05) is 14.2 Å². The molecule has 0 saturated heterocycles. The lowest BCUT2D eigenvalue weighted by molar-refractivity contribution is -0.384. The van der Waals surface area contributed by atoms with Crippen LogP contribution in [0, 0.1) is 10.1 Å². The number of methoxy groups -OCH3 is 2. The molecule has 0 bridgehead atoms. The largest absolute Gasteiger partial charge is 0.497 e. The van der Waals surface area contributed by atoms with Crippen molar-refractivity contribution in [3.63, 3.8) is 0 Å². The topological polar surface area (TPSA) is 126 Å². The smallest absolute Gasteiger partial charge is 0.420 e. The zero-order valence-electron chi connectivity index (χ0n) is 16.0. The van der Waals surface area contributed by atoms with Crippen molar-refractivity contribution in [3.05, 3.63) is 62.6 Å². The number of amides is 1. The maximum absolute atomic E-state index is 12.5. The fourth-order valence-electron chi connectivity index (χ4n) is 3.00. The Morgan fingerprint density at radius 3 is 2.66 bits per heavy atom. The van der Waals surface area contributed by atoms with Crippen LogP contribution in [-0.2, 0) is 11.3 Å². The van der Waals surface area contributed by atoms with Gasteiger partial charge in [-0.1, -0.05) is 0 Å². The Balaban J connectivity index is 1.82. The van der Waals surface area contributed by atoms with E-state index in [0.717, 1.165) is 10.6 Å². The summed E-state index contributed by atoms with van der Waals surface area (Å²) in [6, 6.07) is 8.57. The van der Waals surface area contributed by atoms with Crippen LogP contribution in [0.5, 0.6) is 11.5 Å². The molecule has 1 N–H and O–H groups in total. The van der Waals surface area contributed by atoms with Crippen molar-refractivity contribution in [1.82, 2.24) is 9.88 Å². The van der Waals surface area contributed by atoms with Gasteiger partial charge >= 0.3 is 5.76 Å². The number of rotatable bonds is 7. The maximum atomic E-state index is 12.5. The molecule has 0 fully saturated rings. The second-order valence-electron chi connectivity index (χ2n) is 6.26. The van der Waals surface area contributed by atoms with Crippen LogP contribution in [0.3, 0.4) is 0 Å². The highest BCUT2D eigenvalue weighted by Crippen LogP contribution is 2.29. The molecule has 1 heterocycles. The number of carbonyl (C=O) groups is 1. The van der Waals surface area contributed by atoms with Crippen molar-refractivity contribution in [2.24, 2.45) is 0 Å². The van der Waals surface area contributed by atoms with Crippen LogP contribution < -0.4 is 20.5 Å². The van der Waals surface area contributed by atoms with Crippen molar-refractivity contribution in [1.29, 1.82) is 0 Å². The molecule has 0 aliphatic heterocycles. The molecular formula is C19H19N3O7. The average Bonchev–Trinajstić information content (AvgIpc) is 3.01. The third-order valence-electron chi connectivity index (χ3n) is 4.45. The minimum absolute atomic E-state index is 0.0412. The lowest BCUT2D eigenvalue weighted by atomic mass is 10.1. The van der Waals surface area contributed by atoms with E-state index in [4.69, 9.17) is 13.9 Å². The fraction of sp³-hybridized carbons (Fsp3) is 0.263. The Hall–Kier alpha value is -3.82. The van der Waals surface area contributed by atoms with Gasteiger partial charge in [0.25, 0.3) is 5.69 Å². The lowest BCUT2D eigenvalue weighted by Crippen LogP contribution is -2.32. The molecular weight excluding hydrogens is 382 g/mol. The Kier molecular flexibility index (Phi) is 5.53. The Bertz CT molecular complexity index is 1130. The first-order valence-corrected chi connectivity index (χ1v) is 8.63.